The Morgan fingerprint density at radius 3 is 2.78 bits per heavy atom. The molecule has 1 saturated heterocycles. The number of carbonyl (C=O) groups is 2. The average molecular weight is 556 g/mol. The molecule has 212 valence electrons. The predicted molar refractivity (Wildman–Crippen MR) is 153 cm³/mol. The van der Waals surface area contributed by atoms with Crippen LogP contribution < -0.4 is 10.1 Å². The molecular weight excluding hydrogens is 522 g/mol. The second kappa shape index (κ2) is 12.3. The van der Waals surface area contributed by atoms with E-state index < -0.39 is 0 Å². The molecule has 0 saturated carbocycles. The molecule has 10 nitrogen and oxygen atoms in total. The van der Waals surface area contributed by atoms with Crippen LogP contribution >= 0.6 is 0 Å². The minimum atomic E-state index is -0.385. The van der Waals surface area contributed by atoms with Gasteiger partial charge in [0, 0.05) is 16.7 Å². The number of ether oxygens (including phenoxy) is 3. The van der Waals surface area contributed by atoms with Gasteiger partial charge in [-0.1, -0.05) is 42.5 Å². The van der Waals surface area contributed by atoms with E-state index in [1.54, 1.807) is 30.7 Å². The molecule has 2 unspecified atom stereocenters. The fourth-order valence-corrected chi connectivity index (χ4v) is 5.22. The summed E-state index contributed by atoms with van der Waals surface area (Å²) in [5.74, 6) is 0.263. The third-order valence-electron chi connectivity index (χ3n) is 7.20. The molecule has 3 heterocycles. The van der Waals surface area contributed by atoms with Crippen LogP contribution in [0, 0.1) is 6.92 Å². The van der Waals surface area contributed by atoms with Gasteiger partial charge in [0.1, 0.15) is 18.1 Å². The van der Waals surface area contributed by atoms with E-state index in [1.165, 1.54) is 0 Å². The van der Waals surface area contributed by atoms with Crippen LogP contribution in [-0.2, 0) is 32.8 Å². The normalized spacial score (nSPS) is 18.2. The molecule has 2 atom stereocenters. The molecule has 0 bridgehead atoms. The van der Waals surface area contributed by atoms with Gasteiger partial charge in [-0.25, -0.2) is 9.48 Å². The molecular formula is C31H33N5O5. The zero-order chi connectivity index (χ0) is 28.8. The van der Waals surface area contributed by atoms with Gasteiger partial charge >= 0.3 is 5.97 Å². The maximum absolute atomic E-state index is 12.2. The first kappa shape index (κ1) is 28.0. The molecule has 1 aliphatic rings. The van der Waals surface area contributed by atoms with E-state index in [1.807, 2.05) is 54.7 Å². The topological polar surface area (TPSA) is 117 Å². The molecule has 2 aromatic heterocycles. The van der Waals surface area contributed by atoms with E-state index in [2.05, 4.69) is 27.5 Å². The summed E-state index contributed by atoms with van der Waals surface area (Å²) >= 11 is 0. The Morgan fingerprint density at radius 2 is 1.98 bits per heavy atom. The summed E-state index contributed by atoms with van der Waals surface area (Å²) in [6.07, 6.45) is 3.30. The van der Waals surface area contributed by atoms with Crippen LogP contribution in [0.3, 0.4) is 0 Å². The first-order valence-corrected chi connectivity index (χ1v) is 13.6. The highest BCUT2D eigenvalue weighted by Gasteiger charge is 2.39. The second-order valence-electron chi connectivity index (χ2n) is 10.3. The van der Waals surface area contributed by atoms with E-state index in [9.17, 15) is 9.59 Å². The SMILES string of the molecule is CCOC(=O)c1ccc(-c2ccccc2OCc2cn(CC3CC(C)(c4ccccc4NC=O)CO3)nn2)nc1C. The van der Waals surface area contributed by atoms with Crippen LogP contribution in [0.1, 0.15) is 47.6 Å². The Hall–Kier alpha value is -4.57. The molecule has 1 N–H and O–H groups in total. The highest BCUT2D eigenvalue weighted by Crippen LogP contribution is 2.40. The molecule has 1 amide bonds. The number of aromatic nitrogens is 4. The van der Waals surface area contributed by atoms with Crippen molar-refractivity contribution in [2.24, 2.45) is 0 Å². The largest absolute Gasteiger partial charge is 0.486 e. The summed E-state index contributed by atoms with van der Waals surface area (Å²) in [6, 6.07) is 18.9. The van der Waals surface area contributed by atoms with Crippen molar-refractivity contribution in [2.75, 3.05) is 18.5 Å². The Labute approximate surface area is 238 Å². The molecule has 1 aliphatic heterocycles. The summed E-state index contributed by atoms with van der Waals surface area (Å²) in [5.41, 5.74) is 4.85. The van der Waals surface area contributed by atoms with Crippen LogP contribution in [-0.4, -0.2) is 51.7 Å². The number of esters is 1. The van der Waals surface area contributed by atoms with Crippen LogP contribution in [0.15, 0.2) is 66.9 Å². The van der Waals surface area contributed by atoms with E-state index in [4.69, 9.17) is 14.2 Å². The lowest BCUT2D eigenvalue weighted by molar-refractivity contribution is -0.105. The number of anilines is 1. The number of benzene rings is 2. The number of nitrogens with zero attached hydrogens (tertiary/aromatic N) is 4. The van der Waals surface area contributed by atoms with Gasteiger partial charge < -0.3 is 19.5 Å². The molecule has 4 aromatic rings. The van der Waals surface area contributed by atoms with Crippen molar-refractivity contribution in [2.45, 2.75) is 51.9 Å². The Morgan fingerprint density at radius 1 is 1.17 bits per heavy atom. The average Bonchev–Trinajstić information content (AvgIpc) is 3.59. The van der Waals surface area contributed by atoms with Crippen molar-refractivity contribution < 1.29 is 23.8 Å². The summed E-state index contributed by atoms with van der Waals surface area (Å²) in [5, 5.41) is 11.4. The van der Waals surface area contributed by atoms with Crippen molar-refractivity contribution in [1.29, 1.82) is 0 Å². The number of hydrogen-bond acceptors (Lipinski definition) is 8. The third kappa shape index (κ3) is 6.28. The lowest BCUT2D eigenvalue weighted by Crippen LogP contribution is -2.24. The van der Waals surface area contributed by atoms with Crippen molar-refractivity contribution in [3.05, 3.63) is 89.4 Å². The first-order chi connectivity index (χ1) is 19.9. The summed E-state index contributed by atoms with van der Waals surface area (Å²) in [4.78, 5) is 27.9. The highest BCUT2D eigenvalue weighted by atomic mass is 16.5. The van der Waals surface area contributed by atoms with Gasteiger partial charge in [-0.3, -0.25) is 9.78 Å². The number of carbonyl (C=O) groups excluding carboxylic acids is 2. The van der Waals surface area contributed by atoms with Crippen molar-refractivity contribution in [1.82, 2.24) is 20.0 Å². The third-order valence-corrected chi connectivity index (χ3v) is 7.20. The van der Waals surface area contributed by atoms with Crippen LogP contribution in [0.4, 0.5) is 5.69 Å². The van der Waals surface area contributed by atoms with Crippen LogP contribution in [0.2, 0.25) is 0 Å². The summed E-state index contributed by atoms with van der Waals surface area (Å²) in [7, 11) is 0. The standard InChI is InChI=1S/C31H33N5O5/c1-4-39-30(38)24-13-14-27(33-21(24)2)25-9-5-8-12-29(25)40-18-22-16-36(35-34-22)17-23-15-31(3,19-41-23)26-10-6-7-11-28(26)32-20-37/h5-14,16,20,23H,4,15,17-19H2,1-3H3,(H,32,37). The zero-order valence-electron chi connectivity index (χ0n) is 23.4. The summed E-state index contributed by atoms with van der Waals surface area (Å²) in [6.45, 7) is 7.35. The number of amides is 1. The minimum Gasteiger partial charge on any atom is -0.486 e. The summed E-state index contributed by atoms with van der Waals surface area (Å²) < 4.78 is 19.2. The number of para-hydroxylation sites is 2. The molecule has 10 heteroatoms. The molecule has 0 aliphatic carbocycles. The van der Waals surface area contributed by atoms with Gasteiger partial charge in [-0.05, 0) is 56.2 Å². The quantitative estimate of drug-likeness (QED) is 0.209. The van der Waals surface area contributed by atoms with Gasteiger partial charge in [0.15, 0.2) is 0 Å². The predicted octanol–water partition coefficient (Wildman–Crippen LogP) is 4.72. The first-order valence-electron chi connectivity index (χ1n) is 13.6. The molecule has 1 fully saturated rings. The lowest BCUT2D eigenvalue weighted by Gasteiger charge is -2.25. The van der Waals surface area contributed by atoms with E-state index >= 15 is 0 Å². The van der Waals surface area contributed by atoms with Crippen molar-refractivity contribution in [3.8, 4) is 17.0 Å². The van der Waals surface area contributed by atoms with E-state index in [0.29, 0.717) is 54.6 Å². The molecule has 2 aromatic carbocycles. The fourth-order valence-electron chi connectivity index (χ4n) is 5.22. The minimum absolute atomic E-state index is 0.0487. The smallest absolute Gasteiger partial charge is 0.339 e. The maximum atomic E-state index is 12.2. The van der Waals surface area contributed by atoms with E-state index in [0.717, 1.165) is 23.2 Å². The fraction of sp³-hybridized carbons (Fsp3) is 0.323. The maximum Gasteiger partial charge on any atom is 0.339 e. The van der Waals surface area contributed by atoms with Crippen LogP contribution in [0.5, 0.6) is 5.75 Å². The molecule has 0 spiro atoms. The molecule has 0 radical (unpaired) electrons. The number of hydrogen-bond donors (Lipinski definition) is 1. The Bertz CT molecular complexity index is 1540. The van der Waals surface area contributed by atoms with E-state index in [-0.39, 0.29) is 24.1 Å². The zero-order valence-corrected chi connectivity index (χ0v) is 23.4. The van der Waals surface area contributed by atoms with Gasteiger partial charge in [-0.15, -0.1) is 5.10 Å². The number of rotatable bonds is 11. The molecule has 41 heavy (non-hydrogen) atoms. The van der Waals surface area contributed by atoms with Gasteiger partial charge in [0.2, 0.25) is 6.41 Å². The Balaban J connectivity index is 1.22. The highest BCUT2D eigenvalue weighted by molar-refractivity contribution is 5.91. The lowest BCUT2D eigenvalue weighted by atomic mass is 9.79. The monoisotopic (exact) mass is 555 g/mol. The van der Waals surface area contributed by atoms with Crippen molar-refractivity contribution >= 4 is 18.1 Å². The van der Waals surface area contributed by atoms with Crippen molar-refractivity contribution in [3.63, 3.8) is 0 Å². The number of aryl methyl sites for hydroxylation is 1. The number of nitrogens with one attached hydrogen (secondary N) is 1. The van der Waals surface area contributed by atoms with Crippen LogP contribution in [0.25, 0.3) is 11.3 Å². The Kier molecular flexibility index (Phi) is 8.39. The molecule has 5 rings (SSSR count). The van der Waals surface area contributed by atoms with Gasteiger partial charge in [0.25, 0.3) is 0 Å². The van der Waals surface area contributed by atoms with Gasteiger partial charge in [-0.2, -0.15) is 0 Å². The number of pyridine rings is 1. The van der Waals surface area contributed by atoms with Gasteiger partial charge in [0.05, 0.1) is 49.0 Å². The second-order valence-corrected chi connectivity index (χ2v) is 10.3.